The minimum absolute atomic E-state index is 0.00572. The Bertz CT molecular complexity index is 1580. The van der Waals surface area contributed by atoms with Gasteiger partial charge in [-0.2, -0.15) is 0 Å². The van der Waals surface area contributed by atoms with Crippen molar-refractivity contribution in [3.05, 3.63) is 92.3 Å². The maximum Gasteiger partial charge on any atom is 0.410 e. The van der Waals surface area contributed by atoms with E-state index in [0.29, 0.717) is 25.3 Å². The third-order valence-corrected chi connectivity index (χ3v) is 7.25. The number of likely N-dealkylation sites (tertiary alicyclic amines) is 1. The van der Waals surface area contributed by atoms with Crippen LogP contribution >= 0.6 is 0 Å². The number of carbonyl (C=O) groups excluding carboxylic acids is 2. The van der Waals surface area contributed by atoms with E-state index in [1.807, 2.05) is 6.92 Å². The van der Waals surface area contributed by atoms with Crippen LogP contribution in [0.2, 0.25) is 0 Å². The zero-order valence-electron chi connectivity index (χ0n) is 24.2. The van der Waals surface area contributed by atoms with Crippen LogP contribution in [0.3, 0.4) is 0 Å². The van der Waals surface area contributed by atoms with Crippen molar-refractivity contribution in [1.29, 1.82) is 0 Å². The van der Waals surface area contributed by atoms with Crippen LogP contribution in [0.4, 0.5) is 19.3 Å². The van der Waals surface area contributed by atoms with Crippen LogP contribution in [-0.2, 0) is 15.9 Å². The third-order valence-electron chi connectivity index (χ3n) is 7.25. The number of rotatable bonds is 11. The Kier molecular flexibility index (Phi) is 10.2. The molecule has 1 atom stereocenters. The van der Waals surface area contributed by atoms with Crippen molar-refractivity contribution in [2.75, 3.05) is 19.8 Å². The Balaban J connectivity index is 2.03. The molecule has 4 rings (SSSR count). The van der Waals surface area contributed by atoms with Crippen LogP contribution in [0.25, 0.3) is 11.1 Å². The van der Waals surface area contributed by atoms with Gasteiger partial charge in [-0.1, -0.05) is 31.5 Å². The molecule has 11 nitrogen and oxygen atoms in total. The maximum absolute atomic E-state index is 14.8. The number of aromatic nitrogens is 1. The number of nitro groups is 1. The van der Waals surface area contributed by atoms with Crippen molar-refractivity contribution in [2.24, 2.45) is 0 Å². The second kappa shape index (κ2) is 14.0. The number of carboxylic acids is 1. The molecule has 1 N–H and O–H groups in total. The van der Waals surface area contributed by atoms with Crippen molar-refractivity contribution in [3.63, 3.8) is 0 Å². The first-order chi connectivity index (χ1) is 21.1. The number of ether oxygens (including phenoxy) is 2. The first kappa shape index (κ1) is 32.0. The molecule has 1 aromatic heterocycles. The van der Waals surface area contributed by atoms with E-state index in [2.05, 4.69) is 4.98 Å². The highest BCUT2D eigenvalue weighted by Gasteiger charge is 2.40. The number of amides is 1. The van der Waals surface area contributed by atoms with Gasteiger partial charge in [0.1, 0.15) is 17.3 Å². The van der Waals surface area contributed by atoms with E-state index in [4.69, 9.17) is 9.47 Å². The summed E-state index contributed by atoms with van der Waals surface area (Å²) < 4.78 is 39.2. The number of esters is 1. The van der Waals surface area contributed by atoms with Crippen LogP contribution in [0.15, 0.2) is 42.5 Å². The number of hydrogen-bond acceptors (Lipinski definition) is 8. The van der Waals surface area contributed by atoms with Gasteiger partial charge in [0.25, 0.3) is 5.69 Å². The smallest absolute Gasteiger partial charge is 0.410 e. The Morgan fingerprint density at radius 2 is 1.84 bits per heavy atom. The quantitative estimate of drug-likeness (QED) is 0.111. The summed E-state index contributed by atoms with van der Waals surface area (Å²) in [6, 6.07) is 7.02. The number of unbranched alkanes of at least 4 members (excludes halogenated alkanes) is 1. The Morgan fingerprint density at radius 3 is 2.45 bits per heavy atom. The lowest BCUT2D eigenvalue weighted by molar-refractivity contribution is -0.385. The number of benzene rings is 2. The third kappa shape index (κ3) is 6.82. The average Bonchev–Trinajstić information content (AvgIpc) is 3.48. The van der Waals surface area contributed by atoms with Crippen molar-refractivity contribution in [2.45, 2.75) is 52.0 Å². The largest absolute Gasteiger partial charge is 0.478 e. The minimum Gasteiger partial charge on any atom is -0.478 e. The van der Waals surface area contributed by atoms with Gasteiger partial charge in [-0.25, -0.2) is 28.1 Å². The van der Waals surface area contributed by atoms with Gasteiger partial charge in [0.15, 0.2) is 0 Å². The Morgan fingerprint density at radius 1 is 1.11 bits per heavy atom. The lowest BCUT2D eigenvalue weighted by atomic mass is 9.90. The minimum atomic E-state index is -1.23. The molecule has 1 saturated heterocycles. The van der Waals surface area contributed by atoms with E-state index in [0.717, 1.165) is 18.6 Å². The second-order valence-corrected chi connectivity index (χ2v) is 10.1. The van der Waals surface area contributed by atoms with Gasteiger partial charge in [-0.3, -0.25) is 15.0 Å². The van der Waals surface area contributed by atoms with Crippen molar-refractivity contribution in [1.82, 2.24) is 9.88 Å². The van der Waals surface area contributed by atoms with E-state index >= 15 is 0 Å². The fourth-order valence-corrected chi connectivity index (χ4v) is 5.18. The molecular formula is C31H31F2N3O8. The molecule has 232 valence electrons. The molecule has 0 spiro atoms. The molecule has 1 amide bonds. The molecule has 0 bridgehead atoms. The Labute approximate surface area is 251 Å². The molecule has 44 heavy (non-hydrogen) atoms. The molecule has 0 radical (unpaired) electrons. The molecular weight excluding hydrogens is 580 g/mol. The highest BCUT2D eigenvalue weighted by Crippen LogP contribution is 2.43. The first-order valence-corrected chi connectivity index (χ1v) is 14.2. The summed E-state index contributed by atoms with van der Waals surface area (Å²) in [6.45, 7) is 3.85. The molecule has 2 aromatic carbocycles. The summed E-state index contributed by atoms with van der Waals surface area (Å²) in [5.41, 5.74) is -1.48. The summed E-state index contributed by atoms with van der Waals surface area (Å²) in [6.07, 6.45) is 1.18. The van der Waals surface area contributed by atoms with Gasteiger partial charge in [-0.15, -0.1) is 0 Å². The fourth-order valence-electron chi connectivity index (χ4n) is 5.18. The molecule has 2 heterocycles. The van der Waals surface area contributed by atoms with Gasteiger partial charge >= 0.3 is 18.0 Å². The van der Waals surface area contributed by atoms with Gasteiger partial charge in [0.2, 0.25) is 0 Å². The normalized spacial score (nSPS) is 14.4. The van der Waals surface area contributed by atoms with Crippen LogP contribution < -0.4 is 0 Å². The average molecular weight is 612 g/mol. The maximum atomic E-state index is 14.8. The van der Waals surface area contributed by atoms with E-state index in [1.165, 1.54) is 29.2 Å². The standard InChI is InChI=1S/C31H31F2N3O8/c1-3-5-15-44-31(40)35-14-6-7-24(35)27-26(30(39)43-4-2)25(18-8-10-19(11-9-18)29(37)38)28(36(41)42)23(34-27)16-20-12-13-21(32)17-22(20)33/h8-13,17,24H,3-7,14-16H2,1-2H3,(H,37,38)/t24-/m0/s1. The number of nitrogens with zero attached hydrogens (tertiary/aromatic N) is 3. The number of carboxylic acid groups (broad SMARTS) is 1. The lowest BCUT2D eigenvalue weighted by Crippen LogP contribution is -2.33. The molecule has 0 aliphatic carbocycles. The van der Waals surface area contributed by atoms with Gasteiger partial charge < -0.3 is 14.6 Å². The first-order valence-electron chi connectivity index (χ1n) is 14.2. The zero-order valence-corrected chi connectivity index (χ0v) is 24.2. The van der Waals surface area contributed by atoms with E-state index < -0.39 is 52.7 Å². The number of aromatic carboxylic acids is 1. The summed E-state index contributed by atoms with van der Waals surface area (Å²) >= 11 is 0. The fraction of sp³-hybridized carbons (Fsp3) is 0.355. The van der Waals surface area contributed by atoms with E-state index in [-0.39, 0.29) is 59.0 Å². The van der Waals surface area contributed by atoms with Crippen LogP contribution in [0.5, 0.6) is 0 Å². The van der Waals surface area contributed by atoms with Crippen molar-refractivity contribution in [3.8, 4) is 11.1 Å². The number of hydrogen-bond donors (Lipinski definition) is 1. The number of carbonyl (C=O) groups is 3. The molecule has 1 aliphatic rings. The second-order valence-electron chi connectivity index (χ2n) is 10.1. The molecule has 1 fully saturated rings. The highest BCUT2D eigenvalue weighted by atomic mass is 19.1. The summed E-state index contributed by atoms with van der Waals surface area (Å²) in [5.74, 6) is -3.97. The van der Waals surface area contributed by atoms with Crippen molar-refractivity contribution < 1.29 is 42.7 Å². The van der Waals surface area contributed by atoms with E-state index in [9.17, 15) is 38.4 Å². The van der Waals surface area contributed by atoms with E-state index in [1.54, 1.807) is 6.92 Å². The van der Waals surface area contributed by atoms with Gasteiger partial charge in [-0.05, 0) is 55.5 Å². The van der Waals surface area contributed by atoms with Crippen LogP contribution in [-0.4, -0.2) is 57.7 Å². The summed E-state index contributed by atoms with van der Waals surface area (Å²) in [4.78, 5) is 56.1. The molecule has 3 aromatic rings. The number of pyridine rings is 1. The predicted molar refractivity (Wildman–Crippen MR) is 153 cm³/mol. The highest BCUT2D eigenvalue weighted by molar-refractivity contribution is 6.02. The molecule has 13 heteroatoms. The molecule has 0 saturated carbocycles. The Hall–Kier alpha value is -4.94. The van der Waals surface area contributed by atoms with Crippen molar-refractivity contribution >= 4 is 23.7 Å². The molecule has 0 unspecified atom stereocenters. The van der Waals surface area contributed by atoms with Crippen LogP contribution in [0, 0.1) is 21.7 Å². The SMILES string of the molecule is CCCCOC(=O)N1CCC[C@H]1c1nc(Cc2ccc(F)cc2F)c([N+](=O)[O-])c(-c2ccc(C(=O)O)cc2)c1C(=O)OCC. The lowest BCUT2D eigenvalue weighted by Gasteiger charge is -2.26. The zero-order chi connectivity index (χ0) is 32.0. The monoisotopic (exact) mass is 611 g/mol. The van der Waals surface area contributed by atoms with Gasteiger partial charge in [0, 0.05) is 19.0 Å². The predicted octanol–water partition coefficient (Wildman–Crippen LogP) is 6.47. The topological polar surface area (TPSA) is 149 Å². The summed E-state index contributed by atoms with van der Waals surface area (Å²) in [7, 11) is 0. The van der Waals surface area contributed by atoms with Gasteiger partial charge in [0.05, 0.1) is 46.6 Å². The summed E-state index contributed by atoms with van der Waals surface area (Å²) in [5, 5.41) is 22.1. The number of halogens is 2. The molecule has 1 aliphatic heterocycles. The van der Waals surface area contributed by atoms with Crippen LogP contribution in [0.1, 0.15) is 83.2 Å².